The van der Waals surface area contributed by atoms with E-state index in [0.717, 1.165) is 4.88 Å². The van der Waals surface area contributed by atoms with Gasteiger partial charge in [-0.25, -0.2) is 4.98 Å². The summed E-state index contributed by atoms with van der Waals surface area (Å²) >= 11 is 1.63. The quantitative estimate of drug-likeness (QED) is 0.457. The minimum atomic E-state index is -0.0907. The number of thiophene rings is 1. The van der Waals surface area contributed by atoms with Crippen molar-refractivity contribution in [3.05, 3.63) is 75.5 Å². The largest absolute Gasteiger partial charge is 0.410 e. The highest BCUT2D eigenvalue weighted by Crippen LogP contribution is 2.27. The third kappa shape index (κ3) is 1.81. The molecule has 3 aromatic rings. The monoisotopic (exact) mass is 309 g/mol. The second kappa shape index (κ2) is 4.92. The number of rotatable bonds is 2. The van der Waals surface area contributed by atoms with E-state index in [1.165, 1.54) is 0 Å². The van der Waals surface area contributed by atoms with Gasteiger partial charge in [0.15, 0.2) is 0 Å². The SMILES string of the molecule is O=C1c2ccccc2/C(=N\O)c2ncn(Cc3cccs3)c21. The maximum Gasteiger partial charge on any atom is 0.212 e. The van der Waals surface area contributed by atoms with E-state index in [4.69, 9.17) is 0 Å². The molecule has 5 nitrogen and oxygen atoms in total. The van der Waals surface area contributed by atoms with Gasteiger partial charge in [-0.1, -0.05) is 35.5 Å². The molecule has 1 aliphatic carbocycles. The molecule has 22 heavy (non-hydrogen) atoms. The predicted octanol–water partition coefficient (Wildman–Crippen LogP) is 2.76. The number of nitrogens with zero attached hydrogens (tertiary/aromatic N) is 3. The molecule has 0 radical (unpaired) electrons. The summed E-state index contributed by atoms with van der Waals surface area (Å²) in [6, 6.07) is 11.1. The summed E-state index contributed by atoms with van der Waals surface area (Å²) < 4.78 is 1.81. The Hall–Kier alpha value is -2.73. The molecule has 0 saturated heterocycles. The summed E-state index contributed by atoms with van der Waals surface area (Å²) in [5.74, 6) is -0.0907. The van der Waals surface area contributed by atoms with E-state index in [1.807, 2.05) is 28.1 Å². The Bertz CT molecular complexity index is 894. The highest BCUT2D eigenvalue weighted by atomic mass is 32.1. The Morgan fingerprint density at radius 1 is 1.18 bits per heavy atom. The van der Waals surface area contributed by atoms with Gasteiger partial charge in [0.25, 0.3) is 0 Å². The first-order valence-electron chi connectivity index (χ1n) is 6.73. The van der Waals surface area contributed by atoms with Crippen molar-refractivity contribution in [1.82, 2.24) is 9.55 Å². The summed E-state index contributed by atoms with van der Waals surface area (Å²) in [6.07, 6.45) is 1.62. The topological polar surface area (TPSA) is 67.5 Å². The smallest absolute Gasteiger partial charge is 0.212 e. The van der Waals surface area contributed by atoms with Crippen LogP contribution in [0.25, 0.3) is 0 Å². The molecule has 0 unspecified atom stereocenters. The van der Waals surface area contributed by atoms with Crippen molar-refractivity contribution < 1.29 is 10.0 Å². The predicted molar refractivity (Wildman–Crippen MR) is 82.9 cm³/mol. The molecule has 0 bridgehead atoms. The van der Waals surface area contributed by atoms with Crippen LogP contribution in [0.2, 0.25) is 0 Å². The molecule has 0 saturated carbocycles. The van der Waals surface area contributed by atoms with Crippen LogP contribution in [0.4, 0.5) is 0 Å². The standard InChI is InChI=1S/C16H11N3O2S/c20-16-12-6-2-1-5-11(12)13(18-21)14-15(16)19(9-17-14)8-10-4-3-7-22-10/h1-7,9,21H,8H2/b18-13+. The third-order valence-electron chi connectivity index (χ3n) is 3.71. The molecule has 0 spiro atoms. The lowest BCUT2D eigenvalue weighted by Crippen LogP contribution is -2.24. The van der Waals surface area contributed by atoms with Crippen LogP contribution in [-0.2, 0) is 6.54 Å². The molecule has 2 heterocycles. The van der Waals surface area contributed by atoms with E-state index in [1.54, 1.807) is 35.9 Å². The van der Waals surface area contributed by atoms with Gasteiger partial charge in [-0.05, 0) is 11.4 Å². The van der Waals surface area contributed by atoms with Crippen molar-refractivity contribution in [2.45, 2.75) is 6.54 Å². The molecule has 4 rings (SSSR count). The number of carbonyl (C=O) groups excluding carboxylic acids is 1. The molecule has 1 aromatic carbocycles. The lowest BCUT2D eigenvalue weighted by molar-refractivity contribution is 0.102. The number of fused-ring (bicyclic) bond motifs is 2. The molecule has 0 aliphatic heterocycles. The van der Waals surface area contributed by atoms with Crippen LogP contribution < -0.4 is 0 Å². The number of benzene rings is 1. The molecule has 0 fully saturated rings. The summed E-state index contributed by atoms with van der Waals surface area (Å²) in [5, 5.41) is 14.7. The zero-order chi connectivity index (χ0) is 15.1. The van der Waals surface area contributed by atoms with E-state index in [2.05, 4.69) is 10.1 Å². The number of imidazole rings is 1. The molecule has 2 aromatic heterocycles. The van der Waals surface area contributed by atoms with Crippen LogP contribution >= 0.6 is 11.3 Å². The summed E-state index contributed by atoms with van der Waals surface area (Å²) in [4.78, 5) is 18.2. The number of aromatic nitrogens is 2. The van der Waals surface area contributed by atoms with E-state index in [0.29, 0.717) is 34.8 Å². The molecular weight excluding hydrogens is 298 g/mol. The van der Waals surface area contributed by atoms with Crippen molar-refractivity contribution in [2.24, 2.45) is 5.16 Å². The second-order valence-corrected chi connectivity index (χ2v) is 6.00. The minimum Gasteiger partial charge on any atom is -0.410 e. The van der Waals surface area contributed by atoms with Crippen LogP contribution in [0.5, 0.6) is 0 Å². The van der Waals surface area contributed by atoms with Gasteiger partial charge in [0.1, 0.15) is 17.1 Å². The number of oxime groups is 1. The molecule has 1 N–H and O–H groups in total. The van der Waals surface area contributed by atoms with Crippen molar-refractivity contribution in [3.8, 4) is 0 Å². The van der Waals surface area contributed by atoms with Gasteiger partial charge in [0.2, 0.25) is 5.78 Å². The normalized spacial score (nSPS) is 14.9. The summed E-state index contributed by atoms with van der Waals surface area (Å²) in [5.41, 5.74) is 2.40. The second-order valence-electron chi connectivity index (χ2n) is 4.97. The fraction of sp³-hybridized carbons (Fsp3) is 0.0625. The van der Waals surface area contributed by atoms with Crippen LogP contribution in [0.1, 0.15) is 32.2 Å². The molecule has 0 amide bonds. The third-order valence-corrected chi connectivity index (χ3v) is 4.57. The average molecular weight is 309 g/mol. The Balaban J connectivity index is 1.88. The van der Waals surface area contributed by atoms with Gasteiger partial charge in [-0.3, -0.25) is 4.79 Å². The van der Waals surface area contributed by atoms with Crippen LogP contribution in [0, 0.1) is 0 Å². The van der Waals surface area contributed by atoms with Crippen LogP contribution in [0.15, 0.2) is 53.3 Å². The Morgan fingerprint density at radius 3 is 2.73 bits per heavy atom. The molecular formula is C16H11N3O2S. The average Bonchev–Trinajstić information content (AvgIpc) is 3.19. The number of ketones is 1. The van der Waals surface area contributed by atoms with Gasteiger partial charge < -0.3 is 9.77 Å². The lowest BCUT2D eigenvalue weighted by Gasteiger charge is -2.17. The summed E-state index contributed by atoms with van der Waals surface area (Å²) in [6.45, 7) is 0.576. The summed E-state index contributed by atoms with van der Waals surface area (Å²) in [7, 11) is 0. The highest BCUT2D eigenvalue weighted by Gasteiger charge is 2.32. The zero-order valence-electron chi connectivity index (χ0n) is 11.4. The molecule has 108 valence electrons. The van der Waals surface area contributed by atoms with Gasteiger partial charge in [0, 0.05) is 16.0 Å². The number of hydrogen-bond acceptors (Lipinski definition) is 5. The molecule has 1 aliphatic rings. The zero-order valence-corrected chi connectivity index (χ0v) is 12.2. The first kappa shape index (κ1) is 13.0. The first-order valence-corrected chi connectivity index (χ1v) is 7.61. The Labute approximate surface area is 130 Å². The Morgan fingerprint density at radius 2 is 2.00 bits per heavy atom. The van der Waals surface area contributed by atoms with Crippen LogP contribution in [-0.4, -0.2) is 26.3 Å². The first-order chi connectivity index (χ1) is 10.8. The van der Waals surface area contributed by atoms with Crippen molar-refractivity contribution >= 4 is 22.8 Å². The van der Waals surface area contributed by atoms with E-state index >= 15 is 0 Å². The van der Waals surface area contributed by atoms with E-state index in [-0.39, 0.29) is 5.78 Å². The Kier molecular flexibility index (Phi) is 2.90. The molecule has 6 heteroatoms. The van der Waals surface area contributed by atoms with Crippen LogP contribution in [0.3, 0.4) is 0 Å². The van der Waals surface area contributed by atoms with Crippen molar-refractivity contribution in [2.75, 3.05) is 0 Å². The fourth-order valence-electron chi connectivity index (χ4n) is 2.73. The maximum absolute atomic E-state index is 12.8. The van der Waals surface area contributed by atoms with E-state index in [9.17, 15) is 10.0 Å². The van der Waals surface area contributed by atoms with Gasteiger partial charge in [-0.2, -0.15) is 0 Å². The van der Waals surface area contributed by atoms with Crippen molar-refractivity contribution in [1.29, 1.82) is 0 Å². The van der Waals surface area contributed by atoms with Gasteiger partial charge in [0.05, 0.1) is 12.9 Å². The number of hydrogen-bond donors (Lipinski definition) is 1. The van der Waals surface area contributed by atoms with Crippen molar-refractivity contribution in [3.63, 3.8) is 0 Å². The van der Waals surface area contributed by atoms with Gasteiger partial charge in [-0.15, -0.1) is 11.3 Å². The number of carbonyl (C=O) groups is 1. The maximum atomic E-state index is 12.8. The van der Waals surface area contributed by atoms with Gasteiger partial charge >= 0.3 is 0 Å². The molecule has 0 atom stereocenters. The fourth-order valence-corrected chi connectivity index (χ4v) is 3.43. The minimum absolute atomic E-state index is 0.0907. The lowest BCUT2D eigenvalue weighted by atomic mass is 9.89. The van der Waals surface area contributed by atoms with E-state index < -0.39 is 0 Å². The highest BCUT2D eigenvalue weighted by molar-refractivity contribution is 7.09.